The van der Waals surface area contributed by atoms with Crippen molar-refractivity contribution in [3.8, 4) is 0 Å². The molecule has 1 aromatic carbocycles. The van der Waals surface area contributed by atoms with E-state index in [-0.39, 0.29) is 22.2 Å². The normalized spacial score (nSPS) is 11.9. The lowest BCUT2D eigenvalue weighted by atomic mass is 10.1. The van der Waals surface area contributed by atoms with E-state index in [0.29, 0.717) is 0 Å². The number of nitrogens with two attached hydrogens (primary N) is 1. The third-order valence-corrected chi connectivity index (χ3v) is 2.54. The molecule has 0 saturated heterocycles. The fourth-order valence-electron chi connectivity index (χ4n) is 1.84. The molecule has 0 fully saturated rings. The lowest BCUT2D eigenvalue weighted by Gasteiger charge is -2.06. The fourth-order valence-corrected chi connectivity index (χ4v) is 1.84. The van der Waals surface area contributed by atoms with Gasteiger partial charge in [-0.3, -0.25) is 4.79 Å². The van der Waals surface area contributed by atoms with Crippen molar-refractivity contribution in [1.82, 2.24) is 4.98 Å². The molecule has 4 nitrogen and oxygen atoms in total. The second kappa shape index (κ2) is 3.94. The largest absolute Gasteiger partial charge is 0.481 e. The Morgan fingerprint density at radius 2 is 2.06 bits per heavy atom. The van der Waals surface area contributed by atoms with E-state index in [0.717, 1.165) is 0 Å². The first-order valence-corrected chi connectivity index (χ1v) is 4.98. The molecule has 2 rings (SSSR count). The van der Waals surface area contributed by atoms with Gasteiger partial charge in [0, 0.05) is 22.2 Å². The number of fused-ring (bicyclic) bond motifs is 1. The summed E-state index contributed by atoms with van der Waals surface area (Å²) in [5.74, 6) is -1.33. The van der Waals surface area contributed by atoms with Gasteiger partial charge in [-0.15, -0.1) is 0 Å². The number of carboxylic acid groups (broad SMARTS) is 1. The number of alkyl halides is 3. The molecule has 0 amide bonds. The number of nitrogens with one attached hydrogen (secondary N) is 1. The Morgan fingerprint density at radius 1 is 1.39 bits per heavy atom. The Hall–Kier alpha value is -2.18. The topological polar surface area (TPSA) is 79.1 Å². The van der Waals surface area contributed by atoms with Crippen molar-refractivity contribution in [3.63, 3.8) is 0 Å². The quantitative estimate of drug-likeness (QED) is 0.723. The zero-order valence-corrected chi connectivity index (χ0v) is 9.01. The molecule has 0 saturated carbocycles. The van der Waals surface area contributed by atoms with E-state index < -0.39 is 24.3 Å². The van der Waals surface area contributed by atoms with Gasteiger partial charge in [0.25, 0.3) is 0 Å². The number of H-pyrrole nitrogens is 1. The number of nitrogen functional groups attached to an aromatic ring is 1. The predicted molar refractivity (Wildman–Crippen MR) is 59.1 cm³/mol. The highest BCUT2D eigenvalue weighted by molar-refractivity contribution is 5.90. The first-order valence-electron chi connectivity index (χ1n) is 4.98. The van der Waals surface area contributed by atoms with Crippen LogP contribution in [0.15, 0.2) is 18.2 Å². The zero-order valence-electron chi connectivity index (χ0n) is 9.01. The van der Waals surface area contributed by atoms with Crippen molar-refractivity contribution in [2.75, 3.05) is 5.73 Å². The molecule has 0 bridgehead atoms. The van der Waals surface area contributed by atoms with Crippen molar-refractivity contribution < 1.29 is 23.1 Å². The van der Waals surface area contributed by atoms with Crippen molar-refractivity contribution in [1.29, 1.82) is 0 Å². The molecule has 1 heterocycles. The maximum absolute atomic E-state index is 12.8. The smallest absolute Gasteiger partial charge is 0.431 e. The Balaban J connectivity index is 2.73. The van der Waals surface area contributed by atoms with Gasteiger partial charge in [0.05, 0.1) is 6.42 Å². The molecule has 0 aliphatic rings. The average Bonchev–Trinajstić information content (AvgIpc) is 2.56. The summed E-state index contributed by atoms with van der Waals surface area (Å²) in [5.41, 5.74) is 4.66. The molecule has 0 unspecified atom stereocenters. The molecule has 0 aliphatic carbocycles. The molecular weight excluding hydrogens is 249 g/mol. The van der Waals surface area contributed by atoms with Gasteiger partial charge in [0.15, 0.2) is 0 Å². The number of aliphatic carboxylic acids is 1. The highest BCUT2D eigenvalue weighted by atomic mass is 19.4. The minimum Gasteiger partial charge on any atom is -0.481 e. The number of rotatable bonds is 2. The molecule has 2 aromatic rings. The van der Waals surface area contributed by atoms with Gasteiger partial charge in [0.1, 0.15) is 5.69 Å². The maximum Gasteiger partial charge on any atom is 0.431 e. The van der Waals surface area contributed by atoms with Crippen LogP contribution in [0.3, 0.4) is 0 Å². The monoisotopic (exact) mass is 258 g/mol. The van der Waals surface area contributed by atoms with Crippen molar-refractivity contribution >= 4 is 22.6 Å². The van der Waals surface area contributed by atoms with E-state index in [1.807, 2.05) is 0 Å². The molecule has 0 radical (unpaired) electrons. The summed E-state index contributed by atoms with van der Waals surface area (Å²) in [7, 11) is 0. The summed E-state index contributed by atoms with van der Waals surface area (Å²) in [6.07, 6.45) is -5.34. The zero-order chi connectivity index (χ0) is 13.5. The van der Waals surface area contributed by atoms with Crippen LogP contribution in [-0.2, 0) is 17.4 Å². The van der Waals surface area contributed by atoms with Crippen LogP contribution in [0.1, 0.15) is 11.3 Å². The fraction of sp³-hybridized carbons (Fsp3) is 0.182. The summed E-state index contributed by atoms with van der Waals surface area (Å²) in [6, 6.07) is 4.17. The molecule has 18 heavy (non-hydrogen) atoms. The average molecular weight is 258 g/mol. The molecule has 96 valence electrons. The van der Waals surface area contributed by atoms with Crippen LogP contribution in [0.2, 0.25) is 0 Å². The molecule has 4 N–H and O–H groups in total. The summed E-state index contributed by atoms with van der Waals surface area (Å²) in [6.45, 7) is 0. The number of benzene rings is 1. The van der Waals surface area contributed by atoms with Crippen LogP contribution in [0.4, 0.5) is 18.9 Å². The first kappa shape index (κ1) is 12.3. The van der Waals surface area contributed by atoms with E-state index in [4.69, 9.17) is 10.8 Å². The molecular formula is C11H9F3N2O2. The van der Waals surface area contributed by atoms with Crippen LogP contribution in [0, 0.1) is 0 Å². The molecule has 0 spiro atoms. The Kier molecular flexibility index (Phi) is 2.68. The van der Waals surface area contributed by atoms with Gasteiger partial charge in [-0.05, 0) is 18.2 Å². The lowest BCUT2D eigenvalue weighted by molar-refractivity contribution is -0.142. The third-order valence-electron chi connectivity index (χ3n) is 2.54. The van der Waals surface area contributed by atoms with Gasteiger partial charge in [0.2, 0.25) is 0 Å². The first-order chi connectivity index (χ1) is 8.29. The lowest BCUT2D eigenvalue weighted by Crippen LogP contribution is -2.11. The van der Waals surface area contributed by atoms with Crippen molar-refractivity contribution in [2.24, 2.45) is 0 Å². The van der Waals surface area contributed by atoms with Gasteiger partial charge in [-0.1, -0.05) is 0 Å². The minimum atomic E-state index is -4.63. The van der Waals surface area contributed by atoms with Crippen LogP contribution < -0.4 is 5.73 Å². The van der Waals surface area contributed by atoms with E-state index in [1.54, 1.807) is 0 Å². The molecule has 1 aromatic heterocycles. The van der Waals surface area contributed by atoms with Gasteiger partial charge >= 0.3 is 12.1 Å². The summed E-state index contributed by atoms with van der Waals surface area (Å²) in [5, 5.41) is 8.88. The van der Waals surface area contributed by atoms with Crippen LogP contribution >= 0.6 is 0 Å². The number of carboxylic acids is 1. The standard InChI is InChI=1S/C11H9F3N2O2/c12-11(13,14)10-7(4-9(17)18)6-3-5(15)1-2-8(6)16-10/h1-3,16H,4,15H2,(H,17,18). The third kappa shape index (κ3) is 2.11. The van der Waals surface area contributed by atoms with E-state index in [2.05, 4.69) is 4.98 Å². The Morgan fingerprint density at radius 3 is 2.61 bits per heavy atom. The minimum absolute atomic E-state index is 0.185. The number of aromatic nitrogens is 1. The highest BCUT2D eigenvalue weighted by Crippen LogP contribution is 2.36. The van der Waals surface area contributed by atoms with E-state index >= 15 is 0 Å². The number of halogens is 3. The predicted octanol–water partition coefficient (Wildman–Crippen LogP) is 2.40. The van der Waals surface area contributed by atoms with Crippen molar-refractivity contribution in [3.05, 3.63) is 29.5 Å². The van der Waals surface area contributed by atoms with Crippen LogP contribution in [-0.4, -0.2) is 16.1 Å². The number of hydrogen-bond acceptors (Lipinski definition) is 2. The van der Waals surface area contributed by atoms with Crippen molar-refractivity contribution in [2.45, 2.75) is 12.6 Å². The second-order valence-electron chi connectivity index (χ2n) is 3.85. The second-order valence-corrected chi connectivity index (χ2v) is 3.85. The molecule has 0 atom stereocenters. The van der Waals surface area contributed by atoms with Gasteiger partial charge in [-0.2, -0.15) is 13.2 Å². The maximum atomic E-state index is 12.8. The Labute approximate surface area is 99.2 Å². The van der Waals surface area contributed by atoms with Gasteiger partial charge < -0.3 is 15.8 Å². The molecule has 7 heteroatoms. The summed E-state index contributed by atoms with van der Waals surface area (Å²) >= 11 is 0. The number of hydrogen-bond donors (Lipinski definition) is 3. The van der Waals surface area contributed by atoms with E-state index in [1.165, 1.54) is 18.2 Å². The summed E-state index contributed by atoms with van der Waals surface area (Å²) in [4.78, 5) is 12.9. The van der Waals surface area contributed by atoms with E-state index in [9.17, 15) is 18.0 Å². The number of carbonyl (C=O) groups is 1. The Bertz CT molecular complexity index is 617. The molecule has 0 aliphatic heterocycles. The SMILES string of the molecule is Nc1ccc2[nH]c(C(F)(F)F)c(CC(=O)O)c2c1. The number of anilines is 1. The van der Waals surface area contributed by atoms with Crippen LogP contribution in [0.25, 0.3) is 10.9 Å². The highest BCUT2D eigenvalue weighted by Gasteiger charge is 2.36. The van der Waals surface area contributed by atoms with Crippen LogP contribution in [0.5, 0.6) is 0 Å². The number of aromatic amines is 1. The van der Waals surface area contributed by atoms with Gasteiger partial charge in [-0.25, -0.2) is 0 Å². The summed E-state index contributed by atoms with van der Waals surface area (Å²) < 4.78 is 38.3.